The summed E-state index contributed by atoms with van der Waals surface area (Å²) < 4.78 is 5.52. The number of hydrogen-bond donors (Lipinski definition) is 1. The van der Waals surface area contributed by atoms with Crippen LogP contribution in [0.5, 0.6) is 5.75 Å². The average molecular weight is 222 g/mol. The van der Waals surface area contributed by atoms with Crippen molar-refractivity contribution in [3.05, 3.63) is 29.3 Å². The molecule has 0 aromatic heterocycles. The van der Waals surface area contributed by atoms with Crippen molar-refractivity contribution >= 4 is 5.97 Å². The molecule has 0 bridgehead atoms. The maximum absolute atomic E-state index is 11.0. The van der Waals surface area contributed by atoms with Gasteiger partial charge < -0.3 is 9.84 Å². The minimum absolute atomic E-state index is 0.0572. The number of carbonyl (C=O) groups is 1. The largest absolute Gasteiger partial charge is 0.478 e. The fraction of sp³-hybridized carbons (Fsp3) is 0.462. The van der Waals surface area contributed by atoms with Crippen molar-refractivity contribution in [2.24, 2.45) is 5.92 Å². The van der Waals surface area contributed by atoms with Gasteiger partial charge in [0.2, 0.25) is 0 Å². The van der Waals surface area contributed by atoms with Crippen LogP contribution in [0.1, 0.15) is 25.0 Å². The zero-order valence-electron chi connectivity index (χ0n) is 10.2. The number of carboxylic acids is 1. The molecule has 1 atom stereocenters. The lowest BCUT2D eigenvalue weighted by molar-refractivity contribution is -0.147. The van der Waals surface area contributed by atoms with Crippen LogP contribution in [0.25, 0.3) is 0 Å². The second-order valence-electron chi connectivity index (χ2n) is 4.39. The molecule has 0 fully saturated rings. The number of benzene rings is 1. The first-order valence-corrected chi connectivity index (χ1v) is 5.38. The first-order chi connectivity index (χ1) is 7.41. The van der Waals surface area contributed by atoms with Gasteiger partial charge in [-0.2, -0.15) is 0 Å². The van der Waals surface area contributed by atoms with E-state index in [2.05, 4.69) is 0 Å². The Bertz CT molecular complexity index is 383. The summed E-state index contributed by atoms with van der Waals surface area (Å²) in [6, 6.07) is 5.72. The van der Waals surface area contributed by atoms with Crippen LogP contribution in [0.3, 0.4) is 0 Å². The SMILES string of the molecule is Cc1ccc(OC(C(=O)O)C(C)C)c(C)c1. The van der Waals surface area contributed by atoms with Gasteiger partial charge >= 0.3 is 5.97 Å². The van der Waals surface area contributed by atoms with Gasteiger partial charge in [0.15, 0.2) is 6.10 Å². The summed E-state index contributed by atoms with van der Waals surface area (Å²) in [6.45, 7) is 7.58. The normalized spacial score (nSPS) is 12.6. The van der Waals surface area contributed by atoms with E-state index in [9.17, 15) is 4.79 Å². The molecule has 0 radical (unpaired) electrons. The van der Waals surface area contributed by atoms with Gasteiger partial charge in [0.05, 0.1) is 0 Å². The zero-order valence-corrected chi connectivity index (χ0v) is 10.2. The summed E-state index contributed by atoms with van der Waals surface area (Å²) in [4.78, 5) is 11.0. The Balaban J connectivity index is 2.90. The Hall–Kier alpha value is -1.51. The molecular weight excluding hydrogens is 204 g/mol. The number of aryl methyl sites for hydroxylation is 2. The van der Waals surface area contributed by atoms with Gasteiger partial charge in [0.25, 0.3) is 0 Å². The molecule has 0 heterocycles. The molecule has 0 saturated carbocycles. The van der Waals surface area contributed by atoms with Gasteiger partial charge in [-0.1, -0.05) is 31.5 Å². The lowest BCUT2D eigenvalue weighted by atomic mass is 10.1. The number of hydrogen-bond acceptors (Lipinski definition) is 2. The van der Waals surface area contributed by atoms with Crippen LogP contribution in [-0.4, -0.2) is 17.2 Å². The van der Waals surface area contributed by atoms with E-state index in [1.54, 1.807) is 0 Å². The predicted molar refractivity (Wildman–Crippen MR) is 62.8 cm³/mol. The van der Waals surface area contributed by atoms with Crippen molar-refractivity contribution in [2.75, 3.05) is 0 Å². The molecule has 1 N–H and O–H groups in total. The summed E-state index contributed by atoms with van der Waals surface area (Å²) in [5.41, 5.74) is 2.10. The highest BCUT2D eigenvalue weighted by atomic mass is 16.5. The number of carboxylic acid groups (broad SMARTS) is 1. The van der Waals surface area contributed by atoms with Crippen molar-refractivity contribution in [2.45, 2.75) is 33.8 Å². The van der Waals surface area contributed by atoms with Crippen molar-refractivity contribution in [1.29, 1.82) is 0 Å². The molecule has 16 heavy (non-hydrogen) atoms. The summed E-state index contributed by atoms with van der Waals surface area (Å²) in [5.74, 6) is -0.333. The molecule has 1 unspecified atom stereocenters. The second-order valence-corrected chi connectivity index (χ2v) is 4.39. The molecule has 0 amide bonds. The summed E-state index contributed by atoms with van der Waals surface area (Å²) in [5, 5.41) is 9.03. The van der Waals surface area contributed by atoms with E-state index in [-0.39, 0.29) is 5.92 Å². The van der Waals surface area contributed by atoms with E-state index in [1.807, 2.05) is 45.9 Å². The van der Waals surface area contributed by atoms with Crippen LogP contribution in [0.2, 0.25) is 0 Å². The Morgan fingerprint density at radius 3 is 2.38 bits per heavy atom. The summed E-state index contributed by atoms with van der Waals surface area (Å²) in [7, 11) is 0. The summed E-state index contributed by atoms with van der Waals surface area (Å²) in [6.07, 6.45) is -0.790. The van der Waals surface area contributed by atoms with E-state index in [0.29, 0.717) is 5.75 Å². The van der Waals surface area contributed by atoms with Crippen LogP contribution < -0.4 is 4.74 Å². The Morgan fingerprint density at radius 2 is 1.94 bits per heavy atom. The highest BCUT2D eigenvalue weighted by molar-refractivity contribution is 5.73. The summed E-state index contributed by atoms with van der Waals surface area (Å²) >= 11 is 0. The molecule has 1 rings (SSSR count). The topological polar surface area (TPSA) is 46.5 Å². The number of ether oxygens (including phenoxy) is 1. The van der Waals surface area contributed by atoms with Gasteiger partial charge in [-0.25, -0.2) is 4.79 Å². The van der Waals surface area contributed by atoms with Crippen molar-refractivity contribution in [1.82, 2.24) is 0 Å². The van der Waals surface area contributed by atoms with Crippen LogP contribution in [-0.2, 0) is 4.79 Å². The monoisotopic (exact) mass is 222 g/mol. The lowest BCUT2D eigenvalue weighted by Gasteiger charge is -2.19. The van der Waals surface area contributed by atoms with E-state index >= 15 is 0 Å². The molecule has 1 aromatic carbocycles. The first kappa shape index (κ1) is 12.6. The molecule has 0 aliphatic heterocycles. The fourth-order valence-corrected chi connectivity index (χ4v) is 1.54. The van der Waals surface area contributed by atoms with Crippen LogP contribution in [0.4, 0.5) is 0 Å². The van der Waals surface area contributed by atoms with Crippen LogP contribution in [0.15, 0.2) is 18.2 Å². The first-order valence-electron chi connectivity index (χ1n) is 5.38. The second kappa shape index (κ2) is 5.01. The number of aliphatic carboxylic acids is 1. The minimum atomic E-state index is -0.921. The fourth-order valence-electron chi connectivity index (χ4n) is 1.54. The molecule has 3 heteroatoms. The van der Waals surface area contributed by atoms with E-state index in [4.69, 9.17) is 9.84 Å². The minimum Gasteiger partial charge on any atom is -0.478 e. The molecule has 0 aliphatic rings. The molecule has 0 aliphatic carbocycles. The van der Waals surface area contributed by atoms with Crippen LogP contribution in [0, 0.1) is 19.8 Å². The van der Waals surface area contributed by atoms with Gasteiger partial charge in [0.1, 0.15) is 5.75 Å². The lowest BCUT2D eigenvalue weighted by Crippen LogP contribution is -2.32. The van der Waals surface area contributed by atoms with E-state index in [1.165, 1.54) is 0 Å². The third-order valence-corrected chi connectivity index (χ3v) is 2.43. The maximum Gasteiger partial charge on any atom is 0.345 e. The van der Waals surface area contributed by atoms with E-state index < -0.39 is 12.1 Å². The Kier molecular flexibility index (Phi) is 3.93. The quantitative estimate of drug-likeness (QED) is 0.852. The van der Waals surface area contributed by atoms with Gasteiger partial charge in [-0.05, 0) is 25.5 Å². The highest BCUT2D eigenvalue weighted by Crippen LogP contribution is 2.22. The van der Waals surface area contributed by atoms with Crippen molar-refractivity contribution in [3.8, 4) is 5.75 Å². The predicted octanol–water partition coefficient (Wildman–Crippen LogP) is 2.79. The standard InChI is InChI=1S/C13H18O3/c1-8(2)12(13(14)15)16-11-6-5-9(3)7-10(11)4/h5-8,12H,1-4H3,(H,14,15). The number of rotatable bonds is 4. The molecular formula is C13H18O3. The highest BCUT2D eigenvalue weighted by Gasteiger charge is 2.23. The molecule has 0 saturated heterocycles. The molecule has 88 valence electrons. The van der Waals surface area contributed by atoms with Gasteiger partial charge in [0, 0.05) is 5.92 Å². The molecule has 3 nitrogen and oxygen atoms in total. The molecule has 0 spiro atoms. The third-order valence-electron chi connectivity index (χ3n) is 2.43. The Labute approximate surface area is 96.1 Å². The average Bonchev–Trinajstić information content (AvgIpc) is 2.15. The van der Waals surface area contributed by atoms with E-state index in [0.717, 1.165) is 11.1 Å². The zero-order chi connectivity index (χ0) is 12.3. The van der Waals surface area contributed by atoms with Crippen LogP contribution >= 0.6 is 0 Å². The van der Waals surface area contributed by atoms with Crippen molar-refractivity contribution in [3.63, 3.8) is 0 Å². The van der Waals surface area contributed by atoms with Gasteiger partial charge in [-0.15, -0.1) is 0 Å². The Morgan fingerprint density at radius 1 is 1.31 bits per heavy atom. The maximum atomic E-state index is 11.0. The third kappa shape index (κ3) is 2.99. The smallest absolute Gasteiger partial charge is 0.345 e. The van der Waals surface area contributed by atoms with Crippen molar-refractivity contribution < 1.29 is 14.6 Å². The molecule has 1 aromatic rings. The van der Waals surface area contributed by atoms with Gasteiger partial charge in [-0.3, -0.25) is 0 Å².